The molecule has 2 heteroatoms. The van der Waals surface area contributed by atoms with Crippen LogP contribution in [0, 0.1) is 0 Å². The molecule has 1 aliphatic heterocycles. The third kappa shape index (κ3) is 2.61. The number of nitrogens with two attached hydrogens (primary N) is 1. The van der Waals surface area contributed by atoms with Crippen molar-refractivity contribution in [3.8, 4) is 0 Å². The van der Waals surface area contributed by atoms with Gasteiger partial charge in [-0.2, -0.15) is 0 Å². The van der Waals surface area contributed by atoms with Crippen LogP contribution in [0.25, 0.3) is 0 Å². The van der Waals surface area contributed by atoms with Crippen LogP contribution in [-0.4, -0.2) is 13.1 Å². The Labute approximate surface area is 120 Å². The van der Waals surface area contributed by atoms with Crippen LogP contribution >= 0.6 is 0 Å². The third-order valence-corrected chi connectivity index (χ3v) is 3.83. The van der Waals surface area contributed by atoms with E-state index in [9.17, 15) is 0 Å². The highest BCUT2D eigenvalue weighted by molar-refractivity contribution is 5.57. The molecule has 2 aromatic carbocycles. The first-order chi connectivity index (χ1) is 9.86. The van der Waals surface area contributed by atoms with Crippen molar-refractivity contribution in [1.29, 1.82) is 0 Å². The summed E-state index contributed by atoms with van der Waals surface area (Å²) >= 11 is 0. The molecule has 2 nitrogen and oxygen atoms in total. The molecule has 20 heavy (non-hydrogen) atoms. The van der Waals surface area contributed by atoms with E-state index < -0.39 is 0 Å². The van der Waals surface area contributed by atoms with E-state index in [-0.39, 0.29) is 6.04 Å². The van der Waals surface area contributed by atoms with Crippen LogP contribution in [0.1, 0.15) is 23.6 Å². The van der Waals surface area contributed by atoms with Crippen LogP contribution in [0.5, 0.6) is 0 Å². The monoisotopic (exact) mass is 264 g/mol. The lowest BCUT2D eigenvalue weighted by Gasteiger charge is -2.29. The van der Waals surface area contributed by atoms with Gasteiger partial charge in [-0.15, -0.1) is 0 Å². The molecule has 1 atom stereocenters. The Morgan fingerprint density at radius 2 is 1.65 bits per heavy atom. The zero-order valence-corrected chi connectivity index (χ0v) is 11.6. The van der Waals surface area contributed by atoms with Crippen molar-refractivity contribution < 1.29 is 0 Å². The molecule has 0 aromatic heterocycles. The summed E-state index contributed by atoms with van der Waals surface area (Å²) in [5.41, 5.74) is 10.1. The first-order valence-electron chi connectivity index (χ1n) is 7.15. The largest absolute Gasteiger partial charge is 0.367 e. The molecular weight excluding hydrogens is 244 g/mol. The minimum atomic E-state index is -0.0710. The van der Waals surface area contributed by atoms with Crippen LogP contribution in [0.4, 0.5) is 5.69 Å². The number of rotatable bonds is 3. The maximum atomic E-state index is 6.48. The highest BCUT2D eigenvalue weighted by Gasteiger charge is 2.17. The van der Waals surface area contributed by atoms with Gasteiger partial charge in [0.25, 0.3) is 0 Å². The van der Waals surface area contributed by atoms with Gasteiger partial charge in [-0.1, -0.05) is 60.7 Å². The normalized spacial score (nSPS) is 16.1. The lowest BCUT2D eigenvalue weighted by Crippen LogP contribution is -2.29. The van der Waals surface area contributed by atoms with Crippen molar-refractivity contribution in [2.24, 2.45) is 5.73 Å². The summed E-state index contributed by atoms with van der Waals surface area (Å²) in [6, 6.07) is 18.7. The fourth-order valence-corrected chi connectivity index (χ4v) is 2.74. The highest BCUT2D eigenvalue weighted by atomic mass is 15.1. The highest BCUT2D eigenvalue weighted by Crippen LogP contribution is 2.29. The molecule has 2 aromatic rings. The van der Waals surface area contributed by atoms with E-state index in [1.807, 2.05) is 18.2 Å². The second-order valence-corrected chi connectivity index (χ2v) is 5.15. The first kappa shape index (κ1) is 12.9. The summed E-state index contributed by atoms with van der Waals surface area (Å²) in [5.74, 6) is 0. The summed E-state index contributed by atoms with van der Waals surface area (Å²) in [6.45, 7) is 2.04. The molecule has 1 heterocycles. The Kier molecular flexibility index (Phi) is 3.84. The molecule has 0 saturated heterocycles. The number of nitrogens with zero attached hydrogens (tertiary/aromatic N) is 1. The molecule has 102 valence electrons. The summed E-state index contributed by atoms with van der Waals surface area (Å²) < 4.78 is 0. The summed E-state index contributed by atoms with van der Waals surface area (Å²) in [6.07, 6.45) is 5.58. The van der Waals surface area contributed by atoms with Crippen molar-refractivity contribution >= 4 is 5.69 Å². The lowest BCUT2D eigenvalue weighted by atomic mass is 9.97. The van der Waals surface area contributed by atoms with Gasteiger partial charge >= 0.3 is 0 Å². The van der Waals surface area contributed by atoms with Crippen molar-refractivity contribution in [2.75, 3.05) is 18.0 Å². The SMILES string of the molecule is NC(c1ccccc1)c1ccccc1N1CC=CCC1. The Morgan fingerprint density at radius 3 is 2.40 bits per heavy atom. The van der Waals surface area contributed by atoms with Crippen LogP contribution in [-0.2, 0) is 0 Å². The average Bonchev–Trinajstić information content (AvgIpc) is 2.56. The van der Waals surface area contributed by atoms with E-state index in [1.165, 1.54) is 11.3 Å². The molecule has 0 aliphatic carbocycles. The Balaban J connectivity index is 1.95. The van der Waals surface area contributed by atoms with Crippen LogP contribution in [0.2, 0.25) is 0 Å². The number of hydrogen-bond acceptors (Lipinski definition) is 2. The standard InChI is InChI=1S/C18H20N2/c19-18(15-9-3-1-4-10-15)16-11-5-6-12-17(16)20-13-7-2-8-14-20/h1-7,9-12,18H,8,13-14,19H2. The molecule has 2 N–H and O–H groups in total. The van der Waals surface area contributed by atoms with Crippen molar-refractivity contribution in [3.05, 3.63) is 77.9 Å². The predicted octanol–water partition coefficient (Wildman–Crippen LogP) is 3.50. The summed E-state index contributed by atoms with van der Waals surface area (Å²) in [4.78, 5) is 2.40. The van der Waals surface area contributed by atoms with Gasteiger partial charge in [-0.25, -0.2) is 0 Å². The number of anilines is 1. The molecule has 3 rings (SSSR count). The maximum Gasteiger partial charge on any atom is 0.0572 e. The van der Waals surface area contributed by atoms with Gasteiger partial charge in [0.1, 0.15) is 0 Å². The first-order valence-corrected chi connectivity index (χ1v) is 7.15. The predicted molar refractivity (Wildman–Crippen MR) is 84.9 cm³/mol. The smallest absolute Gasteiger partial charge is 0.0572 e. The minimum Gasteiger partial charge on any atom is -0.367 e. The molecule has 0 bridgehead atoms. The van der Waals surface area contributed by atoms with Gasteiger partial charge in [0.05, 0.1) is 6.04 Å². The molecule has 0 spiro atoms. The Morgan fingerprint density at radius 1 is 0.900 bits per heavy atom. The molecule has 1 aliphatic rings. The van der Waals surface area contributed by atoms with E-state index in [2.05, 4.69) is 53.5 Å². The van der Waals surface area contributed by atoms with E-state index in [4.69, 9.17) is 5.73 Å². The van der Waals surface area contributed by atoms with Crippen LogP contribution in [0.3, 0.4) is 0 Å². The van der Waals surface area contributed by atoms with E-state index in [1.54, 1.807) is 0 Å². The molecule has 0 radical (unpaired) electrons. The van der Waals surface area contributed by atoms with E-state index >= 15 is 0 Å². The van der Waals surface area contributed by atoms with E-state index in [0.29, 0.717) is 0 Å². The average molecular weight is 264 g/mol. The maximum absolute atomic E-state index is 6.48. The van der Waals surface area contributed by atoms with Gasteiger partial charge in [0.15, 0.2) is 0 Å². The van der Waals surface area contributed by atoms with Gasteiger partial charge in [0.2, 0.25) is 0 Å². The number of para-hydroxylation sites is 1. The number of hydrogen-bond donors (Lipinski definition) is 1. The van der Waals surface area contributed by atoms with E-state index in [0.717, 1.165) is 25.1 Å². The van der Waals surface area contributed by atoms with Crippen molar-refractivity contribution in [3.63, 3.8) is 0 Å². The zero-order valence-electron chi connectivity index (χ0n) is 11.6. The molecule has 0 saturated carbocycles. The minimum absolute atomic E-state index is 0.0710. The van der Waals surface area contributed by atoms with Crippen LogP contribution < -0.4 is 10.6 Å². The third-order valence-electron chi connectivity index (χ3n) is 3.83. The zero-order chi connectivity index (χ0) is 13.8. The summed E-state index contributed by atoms with van der Waals surface area (Å²) in [5, 5.41) is 0. The second kappa shape index (κ2) is 5.93. The molecular formula is C18H20N2. The van der Waals surface area contributed by atoms with Crippen molar-refractivity contribution in [1.82, 2.24) is 0 Å². The van der Waals surface area contributed by atoms with Crippen molar-refractivity contribution in [2.45, 2.75) is 12.5 Å². The topological polar surface area (TPSA) is 29.3 Å². The summed E-state index contributed by atoms with van der Waals surface area (Å²) in [7, 11) is 0. The molecule has 1 unspecified atom stereocenters. The van der Waals surface area contributed by atoms with Gasteiger partial charge in [-0.05, 0) is 23.6 Å². The fraction of sp³-hybridized carbons (Fsp3) is 0.222. The van der Waals surface area contributed by atoms with Crippen LogP contribution in [0.15, 0.2) is 66.7 Å². The number of benzene rings is 2. The molecule has 0 amide bonds. The van der Waals surface area contributed by atoms with Gasteiger partial charge < -0.3 is 10.6 Å². The second-order valence-electron chi connectivity index (χ2n) is 5.15. The fourth-order valence-electron chi connectivity index (χ4n) is 2.74. The quantitative estimate of drug-likeness (QED) is 0.860. The molecule has 0 fully saturated rings. The van der Waals surface area contributed by atoms with Gasteiger partial charge in [0, 0.05) is 18.8 Å². The Hall–Kier alpha value is -2.06. The lowest BCUT2D eigenvalue weighted by molar-refractivity contribution is 0.795. The Bertz CT molecular complexity index is 589. The van der Waals surface area contributed by atoms with Gasteiger partial charge in [-0.3, -0.25) is 0 Å².